The second kappa shape index (κ2) is 6.52. The Morgan fingerprint density at radius 2 is 2.17 bits per heavy atom. The molecule has 0 amide bonds. The topological polar surface area (TPSA) is 35.5 Å². The summed E-state index contributed by atoms with van der Waals surface area (Å²) in [7, 11) is 0. The van der Waals surface area contributed by atoms with Gasteiger partial charge in [-0.2, -0.15) is 0 Å². The summed E-state index contributed by atoms with van der Waals surface area (Å²) in [5, 5.41) is 0. The fourth-order valence-electron chi connectivity index (χ4n) is 2.29. The Balaban J connectivity index is 2.17. The van der Waals surface area contributed by atoms with Crippen LogP contribution in [0.5, 0.6) is 0 Å². The van der Waals surface area contributed by atoms with Crippen molar-refractivity contribution in [2.24, 2.45) is 0 Å². The molecule has 1 aliphatic heterocycles. The Hall–Kier alpha value is -0.620. The molecular weight excluding hydrogens is 343 g/mol. The van der Waals surface area contributed by atoms with Crippen molar-refractivity contribution in [3.05, 3.63) is 33.4 Å². The molecule has 2 unspecified atom stereocenters. The smallest absolute Gasteiger partial charge is 0.335 e. The van der Waals surface area contributed by atoms with Gasteiger partial charge in [-0.1, -0.05) is 12.1 Å². The van der Waals surface area contributed by atoms with E-state index in [4.69, 9.17) is 9.47 Å². The van der Waals surface area contributed by atoms with E-state index in [9.17, 15) is 4.79 Å². The van der Waals surface area contributed by atoms with Gasteiger partial charge in [0.25, 0.3) is 0 Å². The van der Waals surface area contributed by atoms with Crippen molar-refractivity contribution in [3.63, 3.8) is 0 Å². The fraction of sp³-hybridized carbons (Fsp3) is 0.500. The van der Waals surface area contributed by atoms with Crippen LogP contribution in [-0.4, -0.2) is 25.3 Å². The van der Waals surface area contributed by atoms with Gasteiger partial charge in [0.1, 0.15) is 0 Å². The molecule has 18 heavy (non-hydrogen) atoms. The summed E-state index contributed by atoms with van der Waals surface area (Å²) in [4.78, 5) is 11.9. The first-order valence-corrected chi connectivity index (χ1v) is 7.34. The lowest BCUT2D eigenvalue weighted by molar-refractivity contribution is -0.161. The zero-order valence-electron chi connectivity index (χ0n) is 10.4. The lowest BCUT2D eigenvalue weighted by Gasteiger charge is -2.30. The molecule has 2 rings (SSSR count). The minimum Gasteiger partial charge on any atom is -0.464 e. The van der Waals surface area contributed by atoms with Crippen LogP contribution in [0, 0.1) is 3.57 Å². The van der Waals surface area contributed by atoms with Gasteiger partial charge in [0.15, 0.2) is 6.10 Å². The molecular formula is C14H17IO3. The first-order chi connectivity index (χ1) is 8.72. The van der Waals surface area contributed by atoms with Crippen LogP contribution in [0.15, 0.2) is 24.3 Å². The van der Waals surface area contributed by atoms with Gasteiger partial charge >= 0.3 is 5.97 Å². The first-order valence-electron chi connectivity index (χ1n) is 6.26. The SMILES string of the molecule is CCOC(=O)C1OCCCC1c1ccc(I)cc1. The lowest BCUT2D eigenvalue weighted by Crippen LogP contribution is -2.36. The second-order valence-electron chi connectivity index (χ2n) is 4.34. The quantitative estimate of drug-likeness (QED) is 0.614. The van der Waals surface area contributed by atoms with Crippen molar-refractivity contribution in [2.75, 3.05) is 13.2 Å². The monoisotopic (exact) mass is 360 g/mol. The maximum absolute atomic E-state index is 11.9. The van der Waals surface area contributed by atoms with E-state index in [1.807, 2.05) is 6.92 Å². The van der Waals surface area contributed by atoms with E-state index >= 15 is 0 Å². The third kappa shape index (κ3) is 3.23. The van der Waals surface area contributed by atoms with Crippen LogP contribution in [0.3, 0.4) is 0 Å². The highest BCUT2D eigenvalue weighted by Crippen LogP contribution is 2.31. The molecule has 1 aromatic rings. The molecule has 0 saturated carbocycles. The molecule has 0 N–H and O–H groups in total. The van der Waals surface area contributed by atoms with Gasteiger partial charge in [-0.3, -0.25) is 0 Å². The molecule has 1 fully saturated rings. The highest BCUT2D eigenvalue weighted by atomic mass is 127. The molecule has 0 bridgehead atoms. The number of ether oxygens (including phenoxy) is 2. The predicted molar refractivity (Wildman–Crippen MR) is 77.5 cm³/mol. The van der Waals surface area contributed by atoms with Gasteiger partial charge in [0, 0.05) is 16.1 Å². The van der Waals surface area contributed by atoms with Gasteiger partial charge in [-0.25, -0.2) is 4.79 Å². The number of rotatable bonds is 3. The van der Waals surface area contributed by atoms with Gasteiger partial charge < -0.3 is 9.47 Å². The summed E-state index contributed by atoms with van der Waals surface area (Å²) >= 11 is 2.28. The summed E-state index contributed by atoms with van der Waals surface area (Å²) in [6, 6.07) is 8.28. The van der Waals surface area contributed by atoms with Crippen molar-refractivity contribution in [2.45, 2.75) is 31.8 Å². The summed E-state index contributed by atoms with van der Waals surface area (Å²) in [6.45, 7) is 2.86. The predicted octanol–water partition coefficient (Wildman–Crippen LogP) is 3.12. The van der Waals surface area contributed by atoms with Crippen LogP contribution in [0.4, 0.5) is 0 Å². The van der Waals surface area contributed by atoms with E-state index < -0.39 is 6.10 Å². The van der Waals surface area contributed by atoms with Gasteiger partial charge in [0.2, 0.25) is 0 Å². The number of hydrogen-bond acceptors (Lipinski definition) is 3. The lowest BCUT2D eigenvalue weighted by atomic mass is 9.87. The Labute approximate surface area is 121 Å². The highest BCUT2D eigenvalue weighted by Gasteiger charge is 2.34. The molecule has 2 atom stereocenters. The summed E-state index contributed by atoms with van der Waals surface area (Å²) in [5.74, 6) is -0.115. The molecule has 3 nitrogen and oxygen atoms in total. The Morgan fingerprint density at radius 3 is 2.83 bits per heavy atom. The number of carbonyl (C=O) groups excluding carboxylic acids is 1. The zero-order chi connectivity index (χ0) is 13.0. The third-order valence-corrected chi connectivity index (χ3v) is 3.86. The molecule has 0 radical (unpaired) electrons. The summed E-state index contributed by atoms with van der Waals surface area (Å²) in [5.41, 5.74) is 1.16. The average Bonchev–Trinajstić information content (AvgIpc) is 2.40. The van der Waals surface area contributed by atoms with Crippen molar-refractivity contribution < 1.29 is 14.3 Å². The van der Waals surface area contributed by atoms with E-state index in [0.29, 0.717) is 13.2 Å². The Kier molecular flexibility index (Phi) is 5.00. The first kappa shape index (κ1) is 13.8. The summed E-state index contributed by atoms with van der Waals surface area (Å²) in [6.07, 6.45) is 1.52. The van der Waals surface area contributed by atoms with Crippen LogP contribution in [0.1, 0.15) is 31.2 Å². The van der Waals surface area contributed by atoms with Crippen LogP contribution >= 0.6 is 22.6 Å². The van der Waals surface area contributed by atoms with E-state index in [1.54, 1.807) is 0 Å². The van der Waals surface area contributed by atoms with Crippen molar-refractivity contribution in [3.8, 4) is 0 Å². The molecule has 0 spiro atoms. The molecule has 4 heteroatoms. The van der Waals surface area contributed by atoms with Gasteiger partial charge in [-0.05, 0) is 60.1 Å². The average molecular weight is 360 g/mol. The second-order valence-corrected chi connectivity index (χ2v) is 5.59. The standard InChI is InChI=1S/C14H17IO3/c1-2-17-14(16)13-12(4-3-9-18-13)10-5-7-11(15)8-6-10/h5-8,12-13H,2-4,9H2,1H3. The molecule has 1 saturated heterocycles. The molecule has 1 aromatic carbocycles. The molecule has 0 aromatic heterocycles. The number of halogens is 1. The number of benzene rings is 1. The van der Waals surface area contributed by atoms with E-state index in [-0.39, 0.29) is 11.9 Å². The zero-order valence-corrected chi connectivity index (χ0v) is 12.6. The minimum absolute atomic E-state index is 0.120. The van der Waals surface area contributed by atoms with Gasteiger partial charge in [-0.15, -0.1) is 0 Å². The van der Waals surface area contributed by atoms with Crippen LogP contribution in [0.2, 0.25) is 0 Å². The normalized spacial score (nSPS) is 23.7. The maximum Gasteiger partial charge on any atom is 0.335 e. The molecule has 1 aliphatic rings. The van der Waals surface area contributed by atoms with Crippen LogP contribution in [0.25, 0.3) is 0 Å². The van der Waals surface area contributed by atoms with E-state index in [1.165, 1.54) is 3.57 Å². The minimum atomic E-state index is -0.446. The number of carbonyl (C=O) groups is 1. The largest absolute Gasteiger partial charge is 0.464 e. The fourth-order valence-corrected chi connectivity index (χ4v) is 2.65. The van der Waals surface area contributed by atoms with E-state index in [2.05, 4.69) is 46.9 Å². The highest BCUT2D eigenvalue weighted by molar-refractivity contribution is 14.1. The van der Waals surface area contributed by atoms with Crippen LogP contribution in [-0.2, 0) is 14.3 Å². The molecule has 98 valence electrons. The number of esters is 1. The van der Waals surface area contributed by atoms with Crippen LogP contribution < -0.4 is 0 Å². The number of hydrogen-bond donors (Lipinski definition) is 0. The Bertz CT molecular complexity index is 402. The van der Waals surface area contributed by atoms with Gasteiger partial charge in [0.05, 0.1) is 6.61 Å². The molecule has 0 aliphatic carbocycles. The maximum atomic E-state index is 11.9. The van der Waals surface area contributed by atoms with E-state index in [0.717, 1.165) is 18.4 Å². The van der Waals surface area contributed by atoms with Crippen molar-refractivity contribution in [1.29, 1.82) is 0 Å². The third-order valence-electron chi connectivity index (χ3n) is 3.14. The van der Waals surface area contributed by atoms with Crippen molar-refractivity contribution in [1.82, 2.24) is 0 Å². The molecule has 1 heterocycles. The summed E-state index contributed by atoms with van der Waals surface area (Å²) < 4.78 is 11.9. The van der Waals surface area contributed by atoms with Crippen molar-refractivity contribution >= 4 is 28.6 Å². The Morgan fingerprint density at radius 1 is 1.44 bits per heavy atom.